The van der Waals surface area contributed by atoms with Crippen molar-refractivity contribution in [3.63, 3.8) is 0 Å². The Labute approximate surface area is 105 Å². The van der Waals surface area contributed by atoms with Crippen LogP contribution in [0.5, 0.6) is 5.75 Å². The summed E-state index contributed by atoms with van der Waals surface area (Å²) >= 11 is 0. The number of hydrogen-bond acceptors (Lipinski definition) is 6. The molecule has 0 amide bonds. The van der Waals surface area contributed by atoms with Crippen LogP contribution in [0.2, 0.25) is 0 Å². The first-order valence-electron chi connectivity index (χ1n) is 5.47. The maximum absolute atomic E-state index is 5.44. The molecule has 2 rings (SSSR count). The second kappa shape index (κ2) is 5.61. The van der Waals surface area contributed by atoms with Gasteiger partial charge in [0.25, 0.3) is 0 Å². The standard InChI is InChI=1S/C12H15N3O3/c1-16-7-8-3-4-10(17-2)9(5-8)12-14-11(6-13)18-15-12/h3-5H,6-7,13H2,1-2H3. The van der Waals surface area contributed by atoms with Gasteiger partial charge in [0.1, 0.15) is 5.75 Å². The molecule has 0 radical (unpaired) electrons. The summed E-state index contributed by atoms with van der Waals surface area (Å²) in [6.07, 6.45) is 0. The molecule has 0 aliphatic heterocycles. The predicted octanol–water partition coefficient (Wildman–Crippen LogP) is 1.35. The highest BCUT2D eigenvalue weighted by Gasteiger charge is 2.13. The van der Waals surface area contributed by atoms with E-state index in [9.17, 15) is 0 Å². The van der Waals surface area contributed by atoms with E-state index in [4.69, 9.17) is 19.7 Å². The van der Waals surface area contributed by atoms with Crippen LogP contribution < -0.4 is 10.5 Å². The number of methoxy groups -OCH3 is 2. The first-order valence-corrected chi connectivity index (χ1v) is 5.47. The summed E-state index contributed by atoms with van der Waals surface area (Å²) in [5.41, 5.74) is 7.21. The molecule has 18 heavy (non-hydrogen) atoms. The molecule has 1 aromatic carbocycles. The Morgan fingerprint density at radius 3 is 2.78 bits per heavy atom. The van der Waals surface area contributed by atoms with Crippen molar-refractivity contribution in [2.75, 3.05) is 14.2 Å². The van der Waals surface area contributed by atoms with Gasteiger partial charge >= 0.3 is 0 Å². The number of aromatic nitrogens is 2. The molecular weight excluding hydrogens is 234 g/mol. The molecule has 96 valence electrons. The van der Waals surface area contributed by atoms with Crippen LogP contribution >= 0.6 is 0 Å². The quantitative estimate of drug-likeness (QED) is 0.861. The lowest BCUT2D eigenvalue weighted by Gasteiger charge is -2.07. The van der Waals surface area contributed by atoms with Crippen molar-refractivity contribution < 1.29 is 14.0 Å². The van der Waals surface area contributed by atoms with Crippen LogP contribution in [0.15, 0.2) is 22.7 Å². The van der Waals surface area contributed by atoms with Gasteiger partial charge in [0, 0.05) is 7.11 Å². The van der Waals surface area contributed by atoms with E-state index >= 15 is 0 Å². The average molecular weight is 249 g/mol. The fourth-order valence-corrected chi connectivity index (χ4v) is 1.63. The minimum atomic E-state index is 0.215. The molecule has 6 nitrogen and oxygen atoms in total. The van der Waals surface area contributed by atoms with Crippen LogP contribution in [0.3, 0.4) is 0 Å². The first kappa shape index (κ1) is 12.5. The molecule has 6 heteroatoms. The zero-order valence-electron chi connectivity index (χ0n) is 10.3. The SMILES string of the molecule is COCc1ccc(OC)c(-c2noc(CN)n2)c1. The average Bonchev–Trinajstić information content (AvgIpc) is 2.87. The summed E-state index contributed by atoms with van der Waals surface area (Å²) in [6, 6.07) is 5.69. The molecular formula is C12H15N3O3. The van der Waals surface area contributed by atoms with E-state index in [1.54, 1.807) is 14.2 Å². The van der Waals surface area contributed by atoms with Crippen molar-refractivity contribution in [1.29, 1.82) is 0 Å². The fourth-order valence-electron chi connectivity index (χ4n) is 1.63. The monoisotopic (exact) mass is 249 g/mol. The van der Waals surface area contributed by atoms with Crippen LogP contribution in [-0.2, 0) is 17.9 Å². The summed E-state index contributed by atoms with van der Waals surface area (Å²) in [5, 5.41) is 3.88. The smallest absolute Gasteiger partial charge is 0.240 e. The number of ether oxygens (including phenoxy) is 2. The third kappa shape index (κ3) is 2.49. The summed E-state index contributed by atoms with van der Waals surface area (Å²) in [6.45, 7) is 0.728. The second-order valence-electron chi connectivity index (χ2n) is 3.68. The minimum Gasteiger partial charge on any atom is -0.496 e. The lowest BCUT2D eigenvalue weighted by molar-refractivity contribution is 0.185. The van der Waals surface area contributed by atoms with Crippen LogP contribution in [0.4, 0.5) is 0 Å². The number of hydrogen-bond donors (Lipinski definition) is 1. The number of benzene rings is 1. The van der Waals surface area contributed by atoms with Gasteiger partial charge in [-0.2, -0.15) is 4.98 Å². The maximum Gasteiger partial charge on any atom is 0.240 e. The van der Waals surface area contributed by atoms with Crippen LogP contribution in [0.25, 0.3) is 11.4 Å². The zero-order valence-corrected chi connectivity index (χ0v) is 10.3. The molecule has 0 spiro atoms. The molecule has 0 saturated carbocycles. The van der Waals surface area contributed by atoms with E-state index in [0.29, 0.717) is 24.1 Å². The van der Waals surface area contributed by atoms with E-state index in [1.807, 2.05) is 18.2 Å². The molecule has 2 N–H and O–H groups in total. The number of nitrogens with two attached hydrogens (primary N) is 1. The summed E-state index contributed by atoms with van der Waals surface area (Å²) in [5.74, 6) is 1.54. The Morgan fingerprint density at radius 2 is 2.17 bits per heavy atom. The van der Waals surface area contributed by atoms with E-state index in [0.717, 1.165) is 11.1 Å². The molecule has 0 aliphatic carbocycles. The highest BCUT2D eigenvalue weighted by molar-refractivity contribution is 5.64. The van der Waals surface area contributed by atoms with E-state index < -0.39 is 0 Å². The third-order valence-electron chi connectivity index (χ3n) is 2.46. The second-order valence-corrected chi connectivity index (χ2v) is 3.68. The molecule has 0 saturated heterocycles. The summed E-state index contributed by atoms with van der Waals surface area (Å²) in [4.78, 5) is 4.19. The minimum absolute atomic E-state index is 0.215. The lowest BCUT2D eigenvalue weighted by atomic mass is 10.1. The van der Waals surface area contributed by atoms with Crippen molar-refractivity contribution >= 4 is 0 Å². The number of nitrogens with zero attached hydrogens (tertiary/aromatic N) is 2. The molecule has 0 atom stereocenters. The number of rotatable bonds is 5. The Morgan fingerprint density at radius 1 is 1.33 bits per heavy atom. The predicted molar refractivity (Wildman–Crippen MR) is 64.9 cm³/mol. The Balaban J connectivity index is 2.42. The van der Waals surface area contributed by atoms with E-state index in [-0.39, 0.29) is 6.54 Å². The Kier molecular flexibility index (Phi) is 3.91. The van der Waals surface area contributed by atoms with Gasteiger partial charge in [0.15, 0.2) is 0 Å². The zero-order chi connectivity index (χ0) is 13.0. The van der Waals surface area contributed by atoms with Crippen LogP contribution in [0, 0.1) is 0 Å². The van der Waals surface area contributed by atoms with Crippen molar-refractivity contribution in [3.8, 4) is 17.1 Å². The first-order chi connectivity index (χ1) is 8.78. The van der Waals surface area contributed by atoms with Crippen LogP contribution in [0.1, 0.15) is 11.5 Å². The van der Waals surface area contributed by atoms with Gasteiger partial charge < -0.3 is 19.7 Å². The summed E-state index contributed by atoms with van der Waals surface area (Å²) < 4.78 is 15.4. The molecule has 1 aromatic heterocycles. The summed E-state index contributed by atoms with van der Waals surface area (Å²) in [7, 11) is 3.24. The van der Waals surface area contributed by atoms with Gasteiger partial charge in [0.2, 0.25) is 11.7 Å². The van der Waals surface area contributed by atoms with Gasteiger partial charge in [-0.15, -0.1) is 0 Å². The van der Waals surface area contributed by atoms with Crippen molar-refractivity contribution in [2.45, 2.75) is 13.2 Å². The highest BCUT2D eigenvalue weighted by Crippen LogP contribution is 2.29. The van der Waals surface area contributed by atoms with Crippen molar-refractivity contribution in [3.05, 3.63) is 29.7 Å². The topological polar surface area (TPSA) is 83.4 Å². The normalized spacial score (nSPS) is 10.6. The molecule has 0 aliphatic rings. The maximum atomic E-state index is 5.44. The molecule has 2 aromatic rings. The fraction of sp³-hybridized carbons (Fsp3) is 0.333. The van der Waals surface area contributed by atoms with E-state index in [1.165, 1.54) is 0 Å². The van der Waals surface area contributed by atoms with Gasteiger partial charge in [0.05, 0.1) is 25.8 Å². The Hall–Kier alpha value is -1.92. The molecule has 1 heterocycles. The van der Waals surface area contributed by atoms with E-state index in [2.05, 4.69) is 10.1 Å². The molecule has 0 bridgehead atoms. The largest absolute Gasteiger partial charge is 0.496 e. The van der Waals surface area contributed by atoms with Gasteiger partial charge in [-0.25, -0.2) is 0 Å². The van der Waals surface area contributed by atoms with Crippen molar-refractivity contribution in [2.24, 2.45) is 5.73 Å². The van der Waals surface area contributed by atoms with Gasteiger partial charge in [-0.05, 0) is 17.7 Å². The Bertz CT molecular complexity index is 525. The van der Waals surface area contributed by atoms with Crippen molar-refractivity contribution in [1.82, 2.24) is 10.1 Å². The van der Waals surface area contributed by atoms with Crippen LogP contribution in [-0.4, -0.2) is 24.4 Å². The van der Waals surface area contributed by atoms with Gasteiger partial charge in [-0.3, -0.25) is 0 Å². The molecule has 0 fully saturated rings. The molecule has 0 unspecified atom stereocenters. The third-order valence-corrected chi connectivity index (χ3v) is 2.46. The highest BCUT2D eigenvalue weighted by atomic mass is 16.5. The lowest BCUT2D eigenvalue weighted by Crippen LogP contribution is -1.96. The van der Waals surface area contributed by atoms with Gasteiger partial charge in [-0.1, -0.05) is 11.2 Å².